The van der Waals surface area contributed by atoms with Crippen LogP contribution in [0.5, 0.6) is 0 Å². The summed E-state index contributed by atoms with van der Waals surface area (Å²) in [7, 11) is 0. The van der Waals surface area contributed by atoms with Crippen molar-refractivity contribution in [3.05, 3.63) is 39.4 Å². The van der Waals surface area contributed by atoms with E-state index >= 15 is 0 Å². The van der Waals surface area contributed by atoms with Gasteiger partial charge in [-0.3, -0.25) is 15.1 Å². The zero-order chi connectivity index (χ0) is 11.7. The third-order valence-electron chi connectivity index (χ3n) is 2.47. The fraction of sp³-hybridized carbons (Fsp3) is 0.364. The summed E-state index contributed by atoms with van der Waals surface area (Å²) >= 11 is 6.03. The average molecular weight is 239 g/mol. The number of hydrogen-bond donors (Lipinski definition) is 0. The first-order valence-electron chi connectivity index (χ1n) is 5.06. The summed E-state index contributed by atoms with van der Waals surface area (Å²) < 4.78 is 0. The molecule has 16 heavy (non-hydrogen) atoms. The average Bonchev–Trinajstić information content (AvgIpc) is 3.00. The molecule has 1 aliphatic rings. The predicted octanol–water partition coefficient (Wildman–Crippen LogP) is 3.05. The van der Waals surface area contributed by atoms with Crippen molar-refractivity contribution in [2.75, 3.05) is 0 Å². The first-order chi connectivity index (χ1) is 7.58. The molecular formula is C11H11ClN2O2. The minimum atomic E-state index is -0.398. The van der Waals surface area contributed by atoms with E-state index in [1.54, 1.807) is 19.1 Å². The van der Waals surface area contributed by atoms with Gasteiger partial charge in [-0.2, -0.15) is 0 Å². The van der Waals surface area contributed by atoms with Gasteiger partial charge >= 0.3 is 0 Å². The number of halogens is 1. The minimum absolute atomic E-state index is 0.111. The molecule has 1 saturated carbocycles. The summed E-state index contributed by atoms with van der Waals surface area (Å²) in [5.41, 5.74) is 1.46. The summed E-state index contributed by atoms with van der Waals surface area (Å²) in [5.74, 6) is 0. The smallest absolute Gasteiger partial charge is 0.269 e. The number of benzene rings is 1. The molecule has 0 aromatic heterocycles. The molecule has 5 heteroatoms. The molecule has 0 bridgehead atoms. The highest BCUT2D eigenvalue weighted by molar-refractivity contribution is 6.69. The van der Waals surface area contributed by atoms with Crippen LogP contribution in [-0.4, -0.2) is 16.1 Å². The van der Waals surface area contributed by atoms with Gasteiger partial charge in [0.25, 0.3) is 5.69 Å². The molecule has 0 N–H and O–H groups in total. The molecule has 0 radical (unpaired) electrons. The number of aryl methyl sites for hydroxylation is 1. The van der Waals surface area contributed by atoms with Crippen LogP contribution in [0.15, 0.2) is 23.2 Å². The number of hydrogen-bond acceptors (Lipinski definition) is 3. The van der Waals surface area contributed by atoms with Crippen molar-refractivity contribution in [3.63, 3.8) is 0 Å². The molecule has 2 rings (SSSR count). The van der Waals surface area contributed by atoms with Crippen molar-refractivity contribution in [3.8, 4) is 0 Å². The zero-order valence-corrected chi connectivity index (χ0v) is 9.57. The lowest BCUT2D eigenvalue weighted by atomic mass is 10.1. The van der Waals surface area contributed by atoms with E-state index in [1.807, 2.05) is 0 Å². The highest BCUT2D eigenvalue weighted by Crippen LogP contribution is 2.26. The standard InChI is InChI=1S/C11H11ClN2O2/c1-7-6-8(2-5-10(7)14(15)16)11(12)13-9-3-4-9/h2,5-6,9H,3-4H2,1H3/b13-11-. The lowest BCUT2D eigenvalue weighted by Gasteiger charge is -2.01. The van der Waals surface area contributed by atoms with E-state index in [-0.39, 0.29) is 5.69 Å². The number of nitro groups is 1. The summed E-state index contributed by atoms with van der Waals surface area (Å²) in [6, 6.07) is 5.16. The van der Waals surface area contributed by atoms with Gasteiger partial charge in [0, 0.05) is 17.2 Å². The third-order valence-corrected chi connectivity index (χ3v) is 2.79. The Bertz CT molecular complexity index is 467. The van der Waals surface area contributed by atoms with Gasteiger partial charge in [0.15, 0.2) is 0 Å². The van der Waals surface area contributed by atoms with Gasteiger partial charge in [0.1, 0.15) is 5.17 Å². The van der Waals surface area contributed by atoms with Gasteiger partial charge < -0.3 is 0 Å². The molecule has 0 atom stereocenters. The van der Waals surface area contributed by atoms with Crippen molar-refractivity contribution >= 4 is 22.5 Å². The molecule has 0 heterocycles. The van der Waals surface area contributed by atoms with Crippen LogP contribution in [-0.2, 0) is 0 Å². The van der Waals surface area contributed by atoms with Gasteiger partial charge in [0.05, 0.1) is 11.0 Å². The SMILES string of the molecule is Cc1cc(/C(Cl)=N/C2CC2)ccc1[N+](=O)[O-]. The zero-order valence-electron chi connectivity index (χ0n) is 8.81. The lowest BCUT2D eigenvalue weighted by molar-refractivity contribution is -0.385. The van der Waals surface area contributed by atoms with Crippen molar-refractivity contribution in [1.82, 2.24) is 0 Å². The quantitative estimate of drug-likeness (QED) is 0.462. The van der Waals surface area contributed by atoms with Crippen molar-refractivity contribution < 1.29 is 4.92 Å². The van der Waals surface area contributed by atoms with E-state index in [2.05, 4.69) is 4.99 Å². The van der Waals surface area contributed by atoms with Crippen LogP contribution in [0.2, 0.25) is 0 Å². The molecule has 1 aliphatic carbocycles. The summed E-state index contributed by atoms with van der Waals surface area (Å²) in [6.45, 7) is 1.70. The molecule has 0 saturated heterocycles. The second kappa shape index (κ2) is 4.22. The van der Waals surface area contributed by atoms with Gasteiger partial charge in [-0.05, 0) is 31.9 Å². The molecule has 1 aromatic rings. The minimum Gasteiger partial charge on any atom is -0.269 e. The lowest BCUT2D eigenvalue weighted by Crippen LogP contribution is -1.97. The van der Waals surface area contributed by atoms with Crippen LogP contribution in [0.3, 0.4) is 0 Å². The normalized spacial score (nSPS) is 16.2. The second-order valence-corrected chi connectivity index (χ2v) is 4.27. The van der Waals surface area contributed by atoms with Crippen LogP contribution in [0.25, 0.3) is 0 Å². The second-order valence-electron chi connectivity index (χ2n) is 3.91. The van der Waals surface area contributed by atoms with E-state index < -0.39 is 4.92 Å². The van der Waals surface area contributed by atoms with E-state index in [4.69, 9.17) is 11.6 Å². The van der Waals surface area contributed by atoms with Gasteiger partial charge in [-0.15, -0.1) is 0 Å². The Hall–Kier alpha value is -1.42. The molecule has 0 spiro atoms. The number of nitrogens with zero attached hydrogens (tertiary/aromatic N) is 2. The molecule has 1 aromatic carbocycles. The monoisotopic (exact) mass is 238 g/mol. The summed E-state index contributed by atoms with van der Waals surface area (Å²) in [5, 5.41) is 11.1. The number of rotatable bonds is 3. The molecule has 84 valence electrons. The fourth-order valence-corrected chi connectivity index (χ4v) is 1.68. The number of nitro benzene ring substituents is 1. The highest BCUT2D eigenvalue weighted by Gasteiger charge is 2.21. The topological polar surface area (TPSA) is 55.5 Å². The Kier molecular flexibility index (Phi) is 2.92. The van der Waals surface area contributed by atoms with Crippen LogP contribution in [0, 0.1) is 17.0 Å². The van der Waals surface area contributed by atoms with E-state index in [0.717, 1.165) is 18.4 Å². The maximum Gasteiger partial charge on any atom is 0.272 e. The summed E-state index contributed by atoms with van der Waals surface area (Å²) in [4.78, 5) is 14.5. The van der Waals surface area contributed by atoms with Gasteiger partial charge in [-0.1, -0.05) is 11.6 Å². The Labute approximate surface area is 98.1 Å². The highest BCUT2D eigenvalue weighted by atomic mass is 35.5. The fourth-order valence-electron chi connectivity index (χ4n) is 1.43. The van der Waals surface area contributed by atoms with Crippen molar-refractivity contribution in [1.29, 1.82) is 0 Å². The first kappa shape index (κ1) is 11.1. The third kappa shape index (κ3) is 2.39. The van der Waals surface area contributed by atoms with Crippen LogP contribution in [0.4, 0.5) is 5.69 Å². The van der Waals surface area contributed by atoms with E-state index in [0.29, 0.717) is 16.8 Å². The molecular weight excluding hydrogens is 228 g/mol. The van der Waals surface area contributed by atoms with Gasteiger partial charge in [-0.25, -0.2) is 0 Å². The van der Waals surface area contributed by atoms with Crippen LogP contribution < -0.4 is 0 Å². The Morgan fingerprint density at radius 3 is 2.75 bits per heavy atom. The Balaban J connectivity index is 2.29. The largest absolute Gasteiger partial charge is 0.272 e. The first-order valence-corrected chi connectivity index (χ1v) is 5.44. The maximum absolute atomic E-state index is 10.6. The Morgan fingerprint density at radius 1 is 1.56 bits per heavy atom. The van der Waals surface area contributed by atoms with E-state index in [1.165, 1.54) is 6.07 Å². The predicted molar refractivity (Wildman–Crippen MR) is 63.2 cm³/mol. The van der Waals surface area contributed by atoms with Gasteiger partial charge in [0.2, 0.25) is 0 Å². The van der Waals surface area contributed by atoms with Crippen LogP contribution >= 0.6 is 11.6 Å². The molecule has 0 unspecified atom stereocenters. The van der Waals surface area contributed by atoms with E-state index in [9.17, 15) is 10.1 Å². The van der Waals surface area contributed by atoms with Crippen molar-refractivity contribution in [2.24, 2.45) is 4.99 Å². The maximum atomic E-state index is 10.6. The van der Waals surface area contributed by atoms with Crippen LogP contribution in [0.1, 0.15) is 24.0 Å². The summed E-state index contributed by atoms with van der Waals surface area (Å²) in [6.07, 6.45) is 2.17. The molecule has 0 amide bonds. The molecule has 4 nitrogen and oxygen atoms in total. The molecule has 1 fully saturated rings. The number of aliphatic imine (C=N–C) groups is 1. The van der Waals surface area contributed by atoms with Crippen molar-refractivity contribution in [2.45, 2.75) is 25.8 Å². The Morgan fingerprint density at radius 2 is 2.25 bits per heavy atom. The molecule has 0 aliphatic heterocycles.